The quantitative estimate of drug-likeness (QED) is 0.356. The Labute approximate surface area is 190 Å². The van der Waals surface area contributed by atoms with Crippen LogP contribution in [-0.2, 0) is 23.8 Å². The average molecular weight is 447 g/mol. The summed E-state index contributed by atoms with van der Waals surface area (Å²) < 4.78 is 16.2. The van der Waals surface area contributed by atoms with Crippen molar-refractivity contribution in [2.45, 2.75) is 114 Å². The number of nitrogens with zero attached hydrogens (tertiary/aromatic N) is 4. The summed E-state index contributed by atoms with van der Waals surface area (Å²) >= 11 is 0. The van der Waals surface area contributed by atoms with Crippen LogP contribution in [0.3, 0.4) is 0 Å². The van der Waals surface area contributed by atoms with Crippen LogP contribution in [0.1, 0.15) is 90.9 Å². The number of hydrogen-bond acceptors (Lipinski definition) is 9. The maximum Gasteiger partial charge on any atom is 0.308 e. The third-order valence-corrected chi connectivity index (χ3v) is 5.86. The molecule has 0 aromatic heterocycles. The lowest BCUT2D eigenvalue weighted by atomic mass is 9.97. The van der Waals surface area contributed by atoms with Gasteiger partial charge >= 0.3 is 11.9 Å². The molecule has 1 aliphatic carbocycles. The van der Waals surface area contributed by atoms with Crippen LogP contribution in [0.5, 0.6) is 0 Å². The molecule has 0 aromatic rings. The molecule has 0 spiro atoms. The third kappa shape index (κ3) is 8.92. The van der Waals surface area contributed by atoms with Crippen molar-refractivity contribution in [3.8, 4) is 12.1 Å². The molecule has 1 saturated carbocycles. The van der Waals surface area contributed by atoms with Gasteiger partial charge in [-0.15, -0.1) is 0 Å². The van der Waals surface area contributed by atoms with Crippen LogP contribution in [0.2, 0.25) is 0 Å². The Morgan fingerprint density at radius 1 is 0.875 bits per heavy atom. The van der Waals surface area contributed by atoms with Crippen molar-refractivity contribution < 1.29 is 23.8 Å². The van der Waals surface area contributed by atoms with Crippen LogP contribution in [0.25, 0.3) is 0 Å². The number of carbonyl (C=O) groups excluding carboxylic acids is 2. The monoisotopic (exact) mass is 446 g/mol. The van der Waals surface area contributed by atoms with Gasteiger partial charge in [-0.2, -0.15) is 20.8 Å². The van der Waals surface area contributed by atoms with Gasteiger partial charge in [0.1, 0.15) is 6.10 Å². The van der Waals surface area contributed by atoms with Crippen LogP contribution in [0.4, 0.5) is 0 Å². The second-order valence-electron chi connectivity index (χ2n) is 9.01. The minimum absolute atomic E-state index is 0.0140. The predicted molar refractivity (Wildman–Crippen MR) is 114 cm³/mol. The number of hydrogen-bond donors (Lipinski definition) is 0. The molecule has 176 valence electrons. The van der Waals surface area contributed by atoms with Crippen molar-refractivity contribution >= 4 is 11.9 Å². The molecule has 0 bridgehead atoms. The number of azo groups is 1. The molecule has 1 heterocycles. The second-order valence-corrected chi connectivity index (χ2v) is 9.01. The Bertz CT molecular complexity index is 684. The lowest BCUT2D eigenvalue weighted by Gasteiger charge is -2.23. The summed E-state index contributed by atoms with van der Waals surface area (Å²) in [6.45, 7) is 3.69. The molecule has 0 aromatic carbocycles. The van der Waals surface area contributed by atoms with Crippen molar-refractivity contribution in [3.63, 3.8) is 0 Å². The van der Waals surface area contributed by atoms with Crippen molar-refractivity contribution in [3.05, 3.63) is 0 Å². The summed E-state index contributed by atoms with van der Waals surface area (Å²) in [4.78, 5) is 24.2. The maximum atomic E-state index is 12.2. The van der Waals surface area contributed by atoms with E-state index in [1.807, 2.05) is 0 Å². The first-order chi connectivity index (χ1) is 15.3. The number of carbonyl (C=O) groups is 2. The van der Waals surface area contributed by atoms with Crippen molar-refractivity contribution in [2.75, 3.05) is 6.61 Å². The zero-order valence-electron chi connectivity index (χ0n) is 19.2. The molecule has 3 atom stereocenters. The minimum Gasteiger partial charge on any atom is -0.462 e. The first kappa shape index (κ1) is 25.7. The molecular weight excluding hydrogens is 412 g/mol. The zero-order chi connectivity index (χ0) is 23.5. The van der Waals surface area contributed by atoms with E-state index >= 15 is 0 Å². The van der Waals surface area contributed by atoms with Gasteiger partial charge in [0, 0.05) is 19.3 Å². The molecule has 0 radical (unpaired) electrons. The molecule has 9 nitrogen and oxygen atoms in total. The second kappa shape index (κ2) is 12.5. The number of nitriles is 2. The lowest BCUT2D eigenvalue weighted by molar-refractivity contribution is -0.187. The van der Waals surface area contributed by atoms with Crippen LogP contribution in [0.15, 0.2) is 10.2 Å². The van der Waals surface area contributed by atoms with Crippen LogP contribution < -0.4 is 0 Å². The molecule has 2 aliphatic rings. The summed E-state index contributed by atoms with van der Waals surface area (Å²) in [5.74, 6) is -0.800. The summed E-state index contributed by atoms with van der Waals surface area (Å²) in [7, 11) is 0. The molecule has 9 heteroatoms. The first-order valence-electron chi connectivity index (χ1n) is 11.5. The Balaban J connectivity index is 1.83. The largest absolute Gasteiger partial charge is 0.462 e. The normalized spacial score (nSPS) is 23.3. The molecule has 2 fully saturated rings. The molecule has 1 aliphatic heterocycles. The van der Waals surface area contributed by atoms with Gasteiger partial charge in [0.15, 0.2) is 11.1 Å². The van der Waals surface area contributed by atoms with E-state index in [-0.39, 0.29) is 37.8 Å². The molecule has 1 saturated heterocycles. The summed E-state index contributed by atoms with van der Waals surface area (Å²) in [6.07, 6.45) is 7.37. The molecule has 2 rings (SSSR count). The number of esters is 2. The Morgan fingerprint density at radius 3 is 1.91 bits per heavy atom. The van der Waals surface area contributed by atoms with E-state index in [1.54, 1.807) is 13.8 Å². The lowest BCUT2D eigenvalue weighted by Crippen LogP contribution is -2.28. The Hall–Kier alpha value is -2.52. The minimum atomic E-state index is -1.28. The van der Waals surface area contributed by atoms with E-state index < -0.39 is 23.3 Å². The highest BCUT2D eigenvalue weighted by Crippen LogP contribution is 2.25. The SMILES string of the molecule is CC(C#N)(CCC(=O)OC1CCCCC1)N=NC(C)(C#N)CCC(=O)OC1CCCCO1. The van der Waals surface area contributed by atoms with E-state index in [9.17, 15) is 20.1 Å². The molecule has 0 amide bonds. The standard InChI is InChI=1S/C23H34N4O5/c1-22(16-24,13-11-19(28)31-18-8-4-3-5-9-18)26-27-23(2,17-25)14-12-20(29)32-21-10-6-7-15-30-21/h18,21H,3-15H2,1-2H3. The average Bonchev–Trinajstić information content (AvgIpc) is 2.81. The van der Waals surface area contributed by atoms with Crippen LogP contribution in [-0.4, -0.2) is 42.0 Å². The summed E-state index contributed by atoms with van der Waals surface area (Å²) in [5.41, 5.74) is -2.55. The van der Waals surface area contributed by atoms with Gasteiger partial charge in [-0.1, -0.05) is 6.42 Å². The molecule has 0 N–H and O–H groups in total. The van der Waals surface area contributed by atoms with Gasteiger partial charge in [0.2, 0.25) is 6.29 Å². The fourth-order valence-electron chi connectivity index (χ4n) is 3.61. The fraction of sp³-hybridized carbons (Fsp3) is 0.826. The van der Waals surface area contributed by atoms with Crippen molar-refractivity contribution in [2.24, 2.45) is 10.2 Å². The van der Waals surface area contributed by atoms with E-state index in [2.05, 4.69) is 22.4 Å². The fourth-order valence-corrected chi connectivity index (χ4v) is 3.61. The zero-order valence-corrected chi connectivity index (χ0v) is 19.2. The van der Waals surface area contributed by atoms with Gasteiger partial charge in [-0.05, 0) is 65.2 Å². The van der Waals surface area contributed by atoms with Gasteiger partial charge in [0.05, 0.1) is 18.7 Å². The molecule has 32 heavy (non-hydrogen) atoms. The van der Waals surface area contributed by atoms with Gasteiger partial charge in [-0.25, -0.2) is 0 Å². The van der Waals surface area contributed by atoms with Gasteiger partial charge in [0.25, 0.3) is 0 Å². The first-order valence-corrected chi connectivity index (χ1v) is 11.5. The molecular formula is C23H34N4O5. The Kier molecular flexibility index (Phi) is 10.1. The predicted octanol–water partition coefficient (Wildman–Crippen LogP) is 4.51. The van der Waals surface area contributed by atoms with Crippen molar-refractivity contribution in [1.29, 1.82) is 10.5 Å². The summed E-state index contributed by atoms with van der Waals surface area (Å²) in [5, 5.41) is 27.3. The van der Waals surface area contributed by atoms with Crippen LogP contribution in [0, 0.1) is 22.7 Å². The van der Waals surface area contributed by atoms with E-state index in [1.165, 1.54) is 6.42 Å². The van der Waals surface area contributed by atoms with Gasteiger partial charge in [-0.3, -0.25) is 9.59 Å². The van der Waals surface area contributed by atoms with Crippen LogP contribution >= 0.6 is 0 Å². The smallest absolute Gasteiger partial charge is 0.308 e. The van der Waals surface area contributed by atoms with Crippen molar-refractivity contribution in [1.82, 2.24) is 0 Å². The van der Waals surface area contributed by atoms with Gasteiger partial charge < -0.3 is 14.2 Å². The Morgan fingerprint density at radius 2 is 1.41 bits per heavy atom. The number of rotatable bonds is 10. The van der Waals surface area contributed by atoms with E-state index in [4.69, 9.17) is 14.2 Å². The van der Waals surface area contributed by atoms with E-state index in [0.29, 0.717) is 13.0 Å². The maximum absolute atomic E-state index is 12.2. The highest BCUT2D eigenvalue weighted by atomic mass is 16.7. The molecule has 3 unspecified atom stereocenters. The summed E-state index contributed by atoms with van der Waals surface area (Å²) in [6, 6.07) is 4.12. The van der Waals surface area contributed by atoms with E-state index in [0.717, 1.165) is 38.5 Å². The topological polar surface area (TPSA) is 134 Å². The third-order valence-electron chi connectivity index (χ3n) is 5.86. The highest BCUT2D eigenvalue weighted by Gasteiger charge is 2.31. The highest BCUT2D eigenvalue weighted by molar-refractivity contribution is 5.70. The number of ether oxygens (including phenoxy) is 3.